The molecule has 0 aromatic carbocycles. The number of rotatable bonds is 5. The molecule has 0 saturated heterocycles. The van der Waals surface area contributed by atoms with E-state index >= 15 is 0 Å². The molecule has 16 heavy (non-hydrogen) atoms. The number of carbonyl (C=O) groups is 1. The fourth-order valence-electron chi connectivity index (χ4n) is 1.87. The average molecular weight is 220 g/mol. The number of aromatic nitrogens is 2. The molecule has 0 aliphatic heterocycles. The lowest BCUT2D eigenvalue weighted by Gasteiger charge is -2.02. The summed E-state index contributed by atoms with van der Waals surface area (Å²) in [4.78, 5) is 11.6. The summed E-state index contributed by atoms with van der Waals surface area (Å²) in [5.74, 6) is 0.259. The Morgan fingerprint density at radius 3 is 2.50 bits per heavy atom. The summed E-state index contributed by atoms with van der Waals surface area (Å²) >= 11 is 0. The molecule has 0 aliphatic carbocycles. The number of hydrogen-bond acceptors (Lipinski definition) is 2. The minimum Gasteiger partial charge on any atom is -0.299 e. The highest BCUT2D eigenvalue weighted by Gasteiger charge is 2.11. The van der Waals surface area contributed by atoms with Crippen LogP contribution in [0.15, 0.2) is 12.2 Å². The molecule has 1 aromatic heterocycles. The highest BCUT2D eigenvalue weighted by Crippen LogP contribution is 2.15. The average Bonchev–Trinajstić information content (AvgIpc) is 2.38. The summed E-state index contributed by atoms with van der Waals surface area (Å²) in [7, 11) is 1.93. The molecule has 0 saturated carbocycles. The van der Waals surface area contributed by atoms with Crippen LogP contribution in [0.2, 0.25) is 0 Å². The Morgan fingerprint density at radius 2 is 2.06 bits per heavy atom. The molecule has 0 amide bonds. The maximum atomic E-state index is 11.6. The fraction of sp³-hybridized carbons (Fsp3) is 0.538. The van der Waals surface area contributed by atoms with E-state index in [1.807, 2.05) is 32.5 Å². The van der Waals surface area contributed by atoms with Gasteiger partial charge in [-0.2, -0.15) is 5.10 Å². The number of hydrogen-bond donors (Lipinski definition) is 0. The molecule has 0 radical (unpaired) electrons. The quantitative estimate of drug-likeness (QED) is 0.715. The Labute approximate surface area is 97.2 Å². The van der Waals surface area contributed by atoms with Gasteiger partial charge in [0.15, 0.2) is 0 Å². The van der Waals surface area contributed by atoms with Gasteiger partial charge in [-0.15, -0.1) is 0 Å². The molecular weight excluding hydrogens is 200 g/mol. The summed E-state index contributed by atoms with van der Waals surface area (Å²) in [5.41, 5.74) is 4.32. The Bertz CT molecular complexity index is 416. The molecule has 1 rings (SSSR count). The van der Waals surface area contributed by atoms with E-state index in [9.17, 15) is 4.79 Å². The van der Waals surface area contributed by atoms with Crippen LogP contribution in [-0.4, -0.2) is 15.6 Å². The third kappa shape index (κ3) is 3.05. The Morgan fingerprint density at radius 1 is 1.44 bits per heavy atom. The van der Waals surface area contributed by atoms with Gasteiger partial charge in [-0.3, -0.25) is 9.48 Å². The van der Waals surface area contributed by atoms with E-state index in [4.69, 9.17) is 0 Å². The Balaban J connectivity index is 2.61. The minimum absolute atomic E-state index is 0.259. The number of nitrogens with zero attached hydrogens (tertiary/aromatic N) is 2. The molecule has 0 aliphatic rings. The van der Waals surface area contributed by atoms with Gasteiger partial charge >= 0.3 is 0 Å². The first-order valence-corrected chi connectivity index (χ1v) is 5.57. The fourth-order valence-corrected chi connectivity index (χ4v) is 1.87. The van der Waals surface area contributed by atoms with Crippen LogP contribution in [0.25, 0.3) is 0 Å². The zero-order valence-corrected chi connectivity index (χ0v) is 10.6. The van der Waals surface area contributed by atoms with Crippen molar-refractivity contribution >= 4 is 5.78 Å². The summed E-state index contributed by atoms with van der Waals surface area (Å²) < 4.78 is 1.87. The van der Waals surface area contributed by atoms with E-state index in [0.717, 1.165) is 23.4 Å². The third-order valence-corrected chi connectivity index (χ3v) is 2.81. The van der Waals surface area contributed by atoms with Crippen LogP contribution >= 0.6 is 0 Å². The van der Waals surface area contributed by atoms with Gasteiger partial charge in [0.25, 0.3) is 0 Å². The van der Waals surface area contributed by atoms with Crippen LogP contribution in [0.5, 0.6) is 0 Å². The van der Waals surface area contributed by atoms with Gasteiger partial charge in [0, 0.05) is 25.6 Å². The van der Waals surface area contributed by atoms with Crippen molar-refractivity contribution in [2.75, 3.05) is 0 Å². The first kappa shape index (κ1) is 12.7. The standard InChI is InChI=1S/C13H20N2O/c1-9(2)8-12(16)6-7-13-10(3)14-15(5)11(13)4/h1,6-8H2,2-5H3. The van der Waals surface area contributed by atoms with E-state index in [0.29, 0.717) is 12.8 Å². The van der Waals surface area contributed by atoms with Gasteiger partial charge in [-0.25, -0.2) is 0 Å². The van der Waals surface area contributed by atoms with Crippen LogP contribution in [0.3, 0.4) is 0 Å². The highest BCUT2D eigenvalue weighted by atomic mass is 16.1. The molecule has 0 bridgehead atoms. The molecule has 1 aromatic rings. The zero-order valence-electron chi connectivity index (χ0n) is 10.6. The van der Waals surface area contributed by atoms with Crippen molar-refractivity contribution < 1.29 is 4.79 Å². The van der Waals surface area contributed by atoms with Gasteiger partial charge in [-0.05, 0) is 32.8 Å². The van der Waals surface area contributed by atoms with Crippen molar-refractivity contribution in [2.45, 2.75) is 40.0 Å². The summed E-state index contributed by atoms with van der Waals surface area (Å²) in [5, 5.41) is 4.34. The van der Waals surface area contributed by atoms with Crippen LogP contribution in [0.4, 0.5) is 0 Å². The molecule has 0 fully saturated rings. The Kier molecular flexibility index (Phi) is 4.05. The predicted octanol–water partition coefficient (Wildman–Crippen LogP) is 2.50. The first-order chi connectivity index (χ1) is 7.41. The van der Waals surface area contributed by atoms with Crippen molar-refractivity contribution in [2.24, 2.45) is 7.05 Å². The highest BCUT2D eigenvalue weighted by molar-refractivity contribution is 5.80. The van der Waals surface area contributed by atoms with Crippen LogP contribution in [0.1, 0.15) is 36.7 Å². The van der Waals surface area contributed by atoms with Gasteiger partial charge in [0.2, 0.25) is 0 Å². The second-order valence-electron chi connectivity index (χ2n) is 4.45. The van der Waals surface area contributed by atoms with Gasteiger partial charge in [0.05, 0.1) is 5.69 Å². The number of allylic oxidation sites excluding steroid dienone is 1. The molecule has 3 nitrogen and oxygen atoms in total. The molecule has 0 atom stereocenters. The molecule has 0 unspecified atom stereocenters. The lowest BCUT2D eigenvalue weighted by molar-refractivity contribution is -0.118. The van der Waals surface area contributed by atoms with Crippen molar-refractivity contribution in [3.05, 3.63) is 29.1 Å². The van der Waals surface area contributed by atoms with E-state index in [2.05, 4.69) is 11.7 Å². The van der Waals surface area contributed by atoms with Gasteiger partial charge < -0.3 is 0 Å². The summed E-state index contributed by atoms with van der Waals surface area (Å²) in [6.45, 7) is 9.67. The number of carbonyl (C=O) groups excluding carboxylic acids is 1. The predicted molar refractivity (Wildman–Crippen MR) is 65.4 cm³/mol. The number of Topliss-reactive ketones (excluding diaryl/α,β-unsaturated/α-hetero) is 1. The van der Waals surface area contributed by atoms with E-state index < -0.39 is 0 Å². The smallest absolute Gasteiger partial charge is 0.137 e. The zero-order chi connectivity index (χ0) is 12.3. The van der Waals surface area contributed by atoms with Crippen molar-refractivity contribution in [3.8, 4) is 0 Å². The van der Waals surface area contributed by atoms with E-state index in [1.165, 1.54) is 5.56 Å². The Hall–Kier alpha value is -1.38. The van der Waals surface area contributed by atoms with Crippen molar-refractivity contribution in [1.29, 1.82) is 0 Å². The normalized spacial score (nSPS) is 10.5. The second-order valence-corrected chi connectivity index (χ2v) is 4.45. The van der Waals surface area contributed by atoms with Crippen molar-refractivity contribution in [1.82, 2.24) is 9.78 Å². The van der Waals surface area contributed by atoms with Crippen LogP contribution in [0, 0.1) is 13.8 Å². The van der Waals surface area contributed by atoms with E-state index in [-0.39, 0.29) is 5.78 Å². The summed E-state index contributed by atoms with van der Waals surface area (Å²) in [6, 6.07) is 0. The third-order valence-electron chi connectivity index (χ3n) is 2.81. The number of aryl methyl sites for hydroxylation is 2. The lowest BCUT2D eigenvalue weighted by atomic mass is 10.0. The molecular formula is C13H20N2O. The van der Waals surface area contributed by atoms with Gasteiger partial charge in [0.1, 0.15) is 5.78 Å². The first-order valence-electron chi connectivity index (χ1n) is 5.57. The number of ketones is 1. The van der Waals surface area contributed by atoms with E-state index in [1.54, 1.807) is 0 Å². The SMILES string of the molecule is C=C(C)CC(=O)CCc1c(C)nn(C)c1C. The summed E-state index contributed by atoms with van der Waals surface area (Å²) in [6.07, 6.45) is 1.87. The molecule has 0 spiro atoms. The largest absolute Gasteiger partial charge is 0.299 e. The monoisotopic (exact) mass is 220 g/mol. The molecule has 0 N–H and O–H groups in total. The topological polar surface area (TPSA) is 34.9 Å². The van der Waals surface area contributed by atoms with Crippen molar-refractivity contribution in [3.63, 3.8) is 0 Å². The lowest BCUT2D eigenvalue weighted by Crippen LogP contribution is -2.02. The molecule has 88 valence electrons. The second kappa shape index (κ2) is 5.10. The van der Waals surface area contributed by atoms with Crippen LogP contribution < -0.4 is 0 Å². The van der Waals surface area contributed by atoms with Crippen LogP contribution in [-0.2, 0) is 18.3 Å². The minimum atomic E-state index is 0.259. The maximum absolute atomic E-state index is 11.6. The molecule has 1 heterocycles. The van der Waals surface area contributed by atoms with Gasteiger partial charge in [-0.1, -0.05) is 12.2 Å². The molecule has 3 heteroatoms. The maximum Gasteiger partial charge on any atom is 0.137 e.